The van der Waals surface area contributed by atoms with E-state index in [-0.39, 0.29) is 84.0 Å². The second-order valence-corrected chi connectivity index (χ2v) is 24.2. The van der Waals surface area contributed by atoms with Crippen LogP contribution in [0.3, 0.4) is 0 Å². The van der Waals surface area contributed by atoms with Crippen molar-refractivity contribution in [1.29, 1.82) is 0 Å². The van der Waals surface area contributed by atoms with Crippen LogP contribution in [-0.4, -0.2) is 188 Å². The molecule has 0 radical (unpaired) electrons. The number of carbonyl (C=O) groups is 6. The monoisotopic (exact) mass is 1220 g/mol. The van der Waals surface area contributed by atoms with Gasteiger partial charge in [0, 0.05) is 66.2 Å². The first-order valence-corrected chi connectivity index (χ1v) is 29.4. The molecule has 4 aromatic rings. The Morgan fingerprint density at radius 3 is 2.42 bits per heavy atom. The molecule has 1 saturated heterocycles. The van der Waals surface area contributed by atoms with Crippen molar-refractivity contribution in [2.45, 2.75) is 102 Å². The second-order valence-electron chi connectivity index (χ2n) is 20.9. The fraction of sp³-hybridized carbons (Fsp3) is 0.444. The summed E-state index contributed by atoms with van der Waals surface area (Å²) in [6.45, 7) is 0.231. The number of aliphatic carboxylic acids is 1. The zero-order valence-electron chi connectivity index (χ0n) is 45.7. The molecule has 6 heterocycles. The van der Waals surface area contributed by atoms with Crippen molar-refractivity contribution >= 4 is 90.7 Å². The van der Waals surface area contributed by atoms with E-state index < -0.39 is 138 Å². The lowest BCUT2D eigenvalue weighted by atomic mass is 9.81. The highest BCUT2D eigenvalue weighted by molar-refractivity contribution is 7.90. The number of pyridine rings is 2. The number of aryl methyl sites for hydroxylation is 1. The number of benzene rings is 2. The van der Waals surface area contributed by atoms with E-state index in [1.807, 2.05) is 0 Å². The minimum Gasteiger partial charge on any atom is -0.479 e. The maximum atomic E-state index is 15.5. The maximum Gasteiger partial charge on any atom is 0.411 e. The van der Waals surface area contributed by atoms with Gasteiger partial charge in [0.25, 0.3) is 5.56 Å². The minimum atomic E-state index is -3.70. The first kappa shape index (κ1) is 61.5. The number of carboxylic acid groups (broad SMARTS) is 1. The molecular weight excluding hydrogens is 1160 g/mol. The predicted molar refractivity (Wildman–Crippen MR) is 301 cm³/mol. The molecule has 448 valence electrons. The number of nitrogens with one attached hydrogen (secondary N) is 2. The molecule has 26 nitrogen and oxygen atoms in total. The third-order valence-corrected chi connectivity index (χ3v) is 17.1. The van der Waals surface area contributed by atoms with Crippen LogP contribution < -0.4 is 20.9 Å². The number of esters is 1. The number of fused-ring (bicyclic) bond motifs is 5. The molecule has 84 heavy (non-hydrogen) atoms. The Labute approximate surface area is 483 Å². The zero-order chi connectivity index (χ0) is 60.9. The number of carboxylic acids is 1. The average Bonchev–Trinajstić information content (AvgIpc) is 2.52. The van der Waals surface area contributed by atoms with Crippen LogP contribution in [-0.2, 0) is 84.5 Å². The van der Waals surface area contributed by atoms with Crippen LogP contribution in [0.5, 0.6) is 5.75 Å². The molecule has 1 aliphatic carbocycles. The standard InChI is InChI=1S/C54H60FN7O19P2S/c1-5-54(74)30-17-35-44-28(19-62(35)49(69)29(30)22-78-52(54)72)43-32(8-7-27-25(2)31(55)18-34(58-44)42(27)43)56-38(64)23-77-24-60(14-15-84(4,75)76)53(73)79-21-26-6-9-36(80-51-47(68)45(66)46(67)48(81-51)50(70)71)33(16-26)57-37(63)20-59(3)39(65)12-13-61-40(82)10-11-41(61)83/h6,9-11,16-18,32,45-48,51,66-68,74,82-83H,5,7-8,12-15,19-24H2,1-4H3,(H,56,64)(H,57,63)(H,70,71)/t32-,45?,46-,47-,48?,51+,54-/m0/s1. The van der Waals surface area contributed by atoms with E-state index in [9.17, 15) is 67.5 Å². The number of ether oxygens (including phenoxy) is 5. The lowest BCUT2D eigenvalue weighted by Gasteiger charge is -2.38. The average molecular weight is 1220 g/mol. The van der Waals surface area contributed by atoms with Crippen LogP contribution >= 0.6 is 17.7 Å². The van der Waals surface area contributed by atoms with E-state index in [4.69, 9.17) is 28.7 Å². The number of carbonyl (C=O) groups excluding carboxylic acids is 5. The van der Waals surface area contributed by atoms with Crippen molar-refractivity contribution in [3.8, 4) is 17.1 Å². The lowest BCUT2D eigenvalue weighted by Crippen LogP contribution is -2.61. The van der Waals surface area contributed by atoms with Gasteiger partial charge in [0.2, 0.25) is 24.0 Å². The van der Waals surface area contributed by atoms with Gasteiger partial charge in [-0.2, -0.15) is 0 Å². The van der Waals surface area contributed by atoms with Gasteiger partial charge >= 0.3 is 18.0 Å². The van der Waals surface area contributed by atoms with E-state index in [0.29, 0.717) is 44.9 Å². The van der Waals surface area contributed by atoms with Crippen LogP contribution in [0.25, 0.3) is 22.3 Å². The van der Waals surface area contributed by atoms with Gasteiger partial charge in [0.05, 0.1) is 53.0 Å². The Hall–Kier alpha value is -7.10. The summed E-state index contributed by atoms with van der Waals surface area (Å²) in [5, 5.41) is 58.6. The highest BCUT2D eigenvalue weighted by Crippen LogP contribution is 2.46. The Morgan fingerprint density at radius 1 is 1.00 bits per heavy atom. The minimum absolute atomic E-state index is 0.00599. The van der Waals surface area contributed by atoms with Crippen LogP contribution in [0, 0.1) is 12.7 Å². The molecule has 7 N–H and O–H groups in total. The quantitative estimate of drug-likeness (QED) is 0.0321. The van der Waals surface area contributed by atoms with Crippen molar-refractivity contribution in [3.63, 3.8) is 0 Å². The summed E-state index contributed by atoms with van der Waals surface area (Å²) in [5.41, 5.74) is 1.90. The van der Waals surface area contributed by atoms with Crippen molar-refractivity contribution in [2.24, 2.45) is 0 Å². The maximum absolute atomic E-state index is 15.5. The van der Waals surface area contributed by atoms with E-state index in [1.54, 1.807) is 30.9 Å². The number of aromatic nitrogens is 2. The van der Waals surface area contributed by atoms with Crippen LogP contribution in [0.2, 0.25) is 0 Å². The van der Waals surface area contributed by atoms with Gasteiger partial charge in [-0.1, -0.05) is 13.0 Å². The molecule has 4 aliphatic heterocycles. The predicted octanol–water partition coefficient (Wildman–Crippen LogP) is 0.763. The van der Waals surface area contributed by atoms with E-state index in [2.05, 4.69) is 28.4 Å². The van der Waals surface area contributed by atoms with Crippen molar-refractivity contribution in [2.75, 3.05) is 57.3 Å². The molecule has 2 aromatic carbocycles. The molecule has 7 atom stereocenters. The number of halogens is 1. The SMILES string of the molecule is CC[C@@]1(O)C(=O)OCc2c1cc1n(c2=O)Cc2c-1nc1cc(F)c(C)c3c1c2[C@@H](NC(=O)COCN(CCS(C)(=O)=O)C(=O)OCc1ccc(O[C@@H]2OC(C(=O)O)[C@@H](O)C(O)[C@@H]2O)c(NC(=O)CN(C)C(=O)CCN2C(=P)C=CC2=P)c1)CC3. The zero-order valence-corrected chi connectivity index (χ0v) is 48.5. The number of aliphatic hydroxyl groups excluding tert-OH is 3. The summed E-state index contributed by atoms with van der Waals surface area (Å²) in [6, 6.07) is 5.87. The molecule has 1 fully saturated rings. The molecule has 2 aromatic heterocycles. The first-order chi connectivity index (χ1) is 39.7. The second kappa shape index (κ2) is 24.5. The third kappa shape index (κ3) is 12.4. The molecule has 0 saturated carbocycles. The van der Waals surface area contributed by atoms with Crippen LogP contribution in [0.15, 0.2) is 47.3 Å². The summed E-state index contributed by atoms with van der Waals surface area (Å²) < 4.78 is 69.2. The molecule has 30 heteroatoms. The molecular formula is C54H60FN7O19P2S. The Balaban J connectivity index is 0.898. The number of likely N-dealkylation sites (N-methyl/N-ethyl adjacent to an activating group) is 1. The first-order valence-electron chi connectivity index (χ1n) is 26.4. The van der Waals surface area contributed by atoms with Gasteiger partial charge in [0.1, 0.15) is 66.3 Å². The highest BCUT2D eigenvalue weighted by atomic mass is 32.2. The summed E-state index contributed by atoms with van der Waals surface area (Å²) in [4.78, 5) is 102. The molecule has 5 aliphatic rings. The lowest BCUT2D eigenvalue weighted by molar-refractivity contribution is -0.271. The number of hydrogen-bond acceptors (Lipinski definition) is 19. The normalized spacial score (nSPS) is 22.4. The molecule has 0 bridgehead atoms. The smallest absolute Gasteiger partial charge is 0.411 e. The number of nitrogens with zero attached hydrogens (tertiary/aromatic N) is 5. The van der Waals surface area contributed by atoms with Gasteiger partial charge in [-0.05, 0) is 78.8 Å². The van der Waals surface area contributed by atoms with Gasteiger partial charge in [-0.3, -0.25) is 24.1 Å². The number of hydrogen-bond donors (Lipinski definition) is 7. The Kier molecular flexibility index (Phi) is 17.9. The Morgan fingerprint density at radius 2 is 1.73 bits per heavy atom. The molecule has 0 spiro atoms. The number of cyclic esters (lactones) is 1. The Bertz CT molecular complexity index is 3640. The van der Waals surface area contributed by atoms with Gasteiger partial charge < -0.3 is 69.3 Å². The number of rotatable bonds is 20. The summed E-state index contributed by atoms with van der Waals surface area (Å²) in [5.74, 6) is -5.80. The summed E-state index contributed by atoms with van der Waals surface area (Å²) in [6.07, 6.45) is -6.17. The largest absolute Gasteiger partial charge is 0.479 e. The summed E-state index contributed by atoms with van der Waals surface area (Å²) in [7, 11) is 4.61. The van der Waals surface area contributed by atoms with Gasteiger partial charge in [0.15, 0.2) is 11.7 Å². The van der Waals surface area contributed by atoms with Crippen LogP contribution in [0.4, 0.5) is 14.9 Å². The molecule has 2 unspecified atom stereocenters. The van der Waals surface area contributed by atoms with Crippen molar-refractivity contribution in [1.82, 2.24) is 29.6 Å². The number of sulfone groups is 1. The number of anilines is 1. The van der Waals surface area contributed by atoms with E-state index in [0.717, 1.165) is 16.1 Å². The van der Waals surface area contributed by atoms with E-state index >= 15 is 4.39 Å². The van der Waals surface area contributed by atoms with Crippen molar-refractivity contribution in [3.05, 3.63) is 97.6 Å². The van der Waals surface area contributed by atoms with Gasteiger partial charge in [-0.25, -0.2) is 37.1 Å². The topological polar surface area (TPSA) is 353 Å². The van der Waals surface area contributed by atoms with Gasteiger partial charge in [-0.15, -0.1) is 17.7 Å². The fourth-order valence-corrected chi connectivity index (χ4v) is 11.9. The van der Waals surface area contributed by atoms with Crippen molar-refractivity contribution < 1.29 is 90.8 Å². The molecule has 9 rings (SSSR count). The number of amides is 4. The number of aliphatic hydroxyl groups is 4. The van der Waals surface area contributed by atoms with E-state index in [1.165, 1.54) is 41.9 Å². The fourth-order valence-electron chi connectivity index (χ4n) is 10.6. The third-order valence-electron chi connectivity index (χ3n) is 15.3. The van der Waals surface area contributed by atoms with Crippen LogP contribution in [0.1, 0.15) is 71.2 Å². The molecule has 4 amide bonds. The summed E-state index contributed by atoms with van der Waals surface area (Å²) >= 11 is 0. The highest BCUT2D eigenvalue weighted by Gasteiger charge is 2.49.